The van der Waals surface area contributed by atoms with Gasteiger partial charge < -0.3 is 64.3 Å². The number of fused-ring (bicyclic) bond motifs is 1. The Kier molecular flexibility index (Phi) is 16.2. The second kappa shape index (κ2) is 19.6. The zero-order valence-corrected chi connectivity index (χ0v) is 29.3. The van der Waals surface area contributed by atoms with E-state index in [0.717, 1.165) is 16.7 Å². The van der Waals surface area contributed by atoms with E-state index in [-0.39, 0.29) is 62.3 Å². The standard InChI is InChI=1S/C29H46N10O12S/c1-13(30)22(44)36-14(2)23(45)37-17(6-4-8-34-28(32)33)18(41)9-20(43)51-10-15-11-52-27-29(35-12-40,26(50)39(27)21(15)25(48)49)38-19(42)7-3-5-16(31)24(46)47/h12-14,16-18,27,41H,3-11,30-31H2,1-2H3,(H,35,40)(H,36,44)(H,37,45)(H,38,42)(H,46,47)(H,48,49)(H4,32,33,34)/t13?,14?,16-,17?,18?,27?,29-/m1/s1. The number of aliphatic hydroxyl groups excluding tert-OH is 1. The molecule has 1 saturated heterocycles. The maximum Gasteiger partial charge on any atom is 0.352 e. The molecule has 7 atom stereocenters. The third-order valence-corrected chi connectivity index (χ3v) is 9.32. The normalized spacial score (nSPS) is 20.8. The van der Waals surface area contributed by atoms with Crippen LogP contribution < -0.4 is 44.2 Å². The lowest BCUT2D eigenvalue weighted by molar-refractivity contribution is -0.162. The topological polar surface area (TPSA) is 374 Å². The average molecular weight is 759 g/mol. The van der Waals surface area contributed by atoms with Crippen LogP contribution in [0.25, 0.3) is 0 Å². The van der Waals surface area contributed by atoms with Gasteiger partial charge in [0.15, 0.2) is 5.96 Å². The number of esters is 1. The zero-order chi connectivity index (χ0) is 39.3. The summed E-state index contributed by atoms with van der Waals surface area (Å²) in [6, 6.07) is -4.18. The second-order valence-corrected chi connectivity index (χ2v) is 13.1. The monoisotopic (exact) mass is 758 g/mol. The first-order valence-corrected chi connectivity index (χ1v) is 17.1. The highest BCUT2D eigenvalue weighted by Crippen LogP contribution is 2.45. The van der Waals surface area contributed by atoms with Gasteiger partial charge in [-0.25, -0.2) is 4.79 Å². The molecule has 0 radical (unpaired) electrons. The van der Waals surface area contributed by atoms with Crippen LogP contribution in [-0.2, 0) is 43.1 Å². The average Bonchev–Trinajstić information content (AvgIpc) is 3.06. The van der Waals surface area contributed by atoms with E-state index in [1.54, 1.807) is 0 Å². The summed E-state index contributed by atoms with van der Waals surface area (Å²) in [4.78, 5) is 103. The van der Waals surface area contributed by atoms with Crippen LogP contribution in [0, 0.1) is 0 Å². The van der Waals surface area contributed by atoms with Crippen LogP contribution in [0.2, 0.25) is 0 Å². The fourth-order valence-electron chi connectivity index (χ4n) is 5.13. The van der Waals surface area contributed by atoms with Crippen molar-refractivity contribution in [3.8, 4) is 0 Å². The highest BCUT2D eigenvalue weighted by molar-refractivity contribution is 8.00. The van der Waals surface area contributed by atoms with E-state index < -0.39 is 102 Å². The smallest absolute Gasteiger partial charge is 0.352 e. The minimum absolute atomic E-state index is 0.000543. The number of carbonyl (C=O) groups is 8. The Morgan fingerprint density at radius 1 is 1.08 bits per heavy atom. The number of aliphatic imine (C=N–C) groups is 1. The number of guanidine groups is 1. The Labute approximate surface area is 301 Å². The number of ether oxygens (including phenoxy) is 1. The van der Waals surface area contributed by atoms with Crippen molar-refractivity contribution < 1.29 is 58.4 Å². The quantitative estimate of drug-likeness (QED) is 0.00937. The van der Waals surface area contributed by atoms with Gasteiger partial charge in [0.1, 0.15) is 29.8 Å². The van der Waals surface area contributed by atoms with Crippen LogP contribution in [0.3, 0.4) is 0 Å². The Morgan fingerprint density at radius 3 is 2.33 bits per heavy atom. The molecule has 2 aliphatic heterocycles. The summed E-state index contributed by atoms with van der Waals surface area (Å²) in [5, 5.41) is 38.4. The fourth-order valence-corrected chi connectivity index (χ4v) is 6.54. The molecule has 0 spiro atoms. The molecule has 5 unspecified atom stereocenters. The molecular formula is C29H46N10O12S. The summed E-state index contributed by atoms with van der Waals surface area (Å²) in [5.41, 5.74) is 19.1. The number of aliphatic carboxylic acids is 2. The number of carbonyl (C=O) groups excluding carboxylic acids is 6. The van der Waals surface area contributed by atoms with Gasteiger partial charge >= 0.3 is 17.9 Å². The summed E-state index contributed by atoms with van der Waals surface area (Å²) in [6.45, 7) is 2.35. The van der Waals surface area contributed by atoms with Crippen molar-refractivity contribution in [1.82, 2.24) is 26.2 Å². The van der Waals surface area contributed by atoms with Gasteiger partial charge in [0.2, 0.25) is 29.8 Å². The molecule has 5 amide bonds. The van der Waals surface area contributed by atoms with Gasteiger partial charge in [0, 0.05) is 24.3 Å². The lowest BCUT2D eigenvalue weighted by Crippen LogP contribution is -2.85. The van der Waals surface area contributed by atoms with Gasteiger partial charge in [-0.15, -0.1) is 11.8 Å². The van der Waals surface area contributed by atoms with Gasteiger partial charge in [0.05, 0.1) is 24.6 Å². The highest BCUT2D eigenvalue weighted by atomic mass is 32.2. The third kappa shape index (κ3) is 11.5. The van der Waals surface area contributed by atoms with Crippen molar-refractivity contribution in [2.45, 2.75) is 93.7 Å². The molecule has 0 saturated carbocycles. The van der Waals surface area contributed by atoms with Gasteiger partial charge in [-0.05, 0) is 39.5 Å². The van der Waals surface area contributed by atoms with Crippen LogP contribution in [-0.4, -0.2) is 134 Å². The van der Waals surface area contributed by atoms with E-state index in [2.05, 4.69) is 26.3 Å². The van der Waals surface area contributed by atoms with Crippen LogP contribution in [0.5, 0.6) is 0 Å². The molecule has 0 aromatic rings. The molecule has 15 N–H and O–H groups in total. The van der Waals surface area contributed by atoms with Crippen LogP contribution in [0.1, 0.15) is 52.4 Å². The molecule has 0 aromatic heterocycles. The molecule has 22 nitrogen and oxygen atoms in total. The molecule has 0 bridgehead atoms. The van der Waals surface area contributed by atoms with Crippen molar-refractivity contribution in [2.24, 2.45) is 27.9 Å². The van der Waals surface area contributed by atoms with E-state index in [1.165, 1.54) is 13.8 Å². The first kappa shape index (κ1) is 43.2. The lowest BCUT2D eigenvalue weighted by Gasteiger charge is -2.56. The molecule has 0 aromatic carbocycles. The van der Waals surface area contributed by atoms with E-state index in [1.807, 2.05) is 0 Å². The molecule has 290 valence electrons. The molecule has 2 rings (SSSR count). The number of carboxylic acids is 2. The van der Waals surface area contributed by atoms with E-state index in [9.17, 15) is 48.6 Å². The van der Waals surface area contributed by atoms with E-state index in [4.69, 9.17) is 32.8 Å². The van der Waals surface area contributed by atoms with E-state index in [0.29, 0.717) is 0 Å². The van der Waals surface area contributed by atoms with Crippen molar-refractivity contribution in [3.05, 3.63) is 11.3 Å². The maximum absolute atomic E-state index is 13.4. The highest BCUT2D eigenvalue weighted by Gasteiger charge is 2.66. The SMILES string of the molecule is CC(N)C(=O)NC(C)C(=O)NC(CCCN=C(N)N)C(O)CC(=O)OCC1=C(C(=O)O)N2C(=O)[C@@](NC=O)(NC(=O)CCC[C@@H](N)C(=O)O)C2SC1. The molecule has 2 aliphatic rings. The summed E-state index contributed by atoms with van der Waals surface area (Å²) in [7, 11) is 0. The largest absolute Gasteiger partial charge is 0.480 e. The minimum atomic E-state index is -2.01. The third-order valence-electron chi connectivity index (χ3n) is 7.92. The Bertz CT molecular complexity index is 1460. The molecule has 52 heavy (non-hydrogen) atoms. The number of aliphatic hydroxyl groups is 1. The number of amides is 5. The molecule has 2 heterocycles. The van der Waals surface area contributed by atoms with Crippen molar-refractivity contribution in [3.63, 3.8) is 0 Å². The summed E-state index contributed by atoms with van der Waals surface area (Å²) in [5.74, 6) is -7.09. The molecule has 1 fully saturated rings. The van der Waals surface area contributed by atoms with Gasteiger partial charge in [-0.2, -0.15) is 0 Å². The van der Waals surface area contributed by atoms with Gasteiger partial charge in [-0.1, -0.05) is 0 Å². The Hall–Kier alpha value is -5.00. The maximum atomic E-state index is 13.4. The number of nitrogens with two attached hydrogens (primary N) is 4. The summed E-state index contributed by atoms with van der Waals surface area (Å²) in [6.07, 6.45) is -1.87. The first-order valence-electron chi connectivity index (χ1n) is 16.0. The van der Waals surface area contributed by atoms with Gasteiger partial charge in [0.25, 0.3) is 5.91 Å². The predicted molar refractivity (Wildman–Crippen MR) is 182 cm³/mol. The number of nitrogens with one attached hydrogen (secondary N) is 4. The van der Waals surface area contributed by atoms with Crippen molar-refractivity contribution in [2.75, 3.05) is 18.9 Å². The van der Waals surface area contributed by atoms with Crippen molar-refractivity contribution in [1.29, 1.82) is 0 Å². The molecule has 23 heteroatoms. The fraction of sp³-hybridized carbons (Fsp3) is 0.621. The number of hydrogen-bond donors (Lipinski definition) is 11. The Morgan fingerprint density at radius 2 is 1.75 bits per heavy atom. The number of thioether (sulfide) groups is 1. The number of rotatable bonds is 22. The second-order valence-electron chi connectivity index (χ2n) is 12.1. The number of nitrogens with zero attached hydrogens (tertiary/aromatic N) is 2. The number of β-lactam (4-membered cyclic amide) rings is 1. The van der Waals surface area contributed by atoms with E-state index >= 15 is 0 Å². The zero-order valence-electron chi connectivity index (χ0n) is 28.5. The molecule has 0 aliphatic carbocycles. The summed E-state index contributed by atoms with van der Waals surface area (Å²) < 4.78 is 5.26. The minimum Gasteiger partial charge on any atom is -0.480 e. The van der Waals surface area contributed by atoms with Crippen LogP contribution in [0.4, 0.5) is 0 Å². The predicted octanol–water partition coefficient (Wildman–Crippen LogP) is -4.93. The summed E-state index contributed by atoms with van der Waals surface area (Å²) >= 11 is 0.962. The first-order chi connectivity index (χ1) is 24.4. The number of carboxylic acid groups (broad SMARTS) is 2. The Balaban J connectivity index is 2.13. The van der Waals surface area contributed by atoms with Crippen LogP contribution >= 0.6 is 11.8 Å². The van der Waals surface area contributed by atoms with Crippen molar-refractivity contribution >= 4 is 65.7 Å². The van der Waals surface area contributed by atoms with Gasteiger partial charge in [-0.3, -0.25) is 43.5 Å². The lowest BCUT2D eigenvalue weighted by atomic mass is 9.94. The number of hydrogen-bond acceptors (Lipinski definition) is 14. The van der Waals surface area contributed by atoms with Crippen LogP contribution in [0.15, 0.2) is 16.3 Å². The molecular weight excluding hydrogens is 712 g/mol.